The number of hydrogen-bond donors (Lipinski definition) is 1. The van der Waals surface area contributed by atoms with Gasteiger partial charge in [0.15, 0.2) is 6.61 Å². The van der Waals surface area contributed by atoms with E-state index in [1.165, 1.54) is 28.6 Å². The molecule has 0 aliphatic carbocycles. The van der Waals surface area contributed by atoms with Gasteiger partial charge in [0.2, 0.25) is 0 Å². The van der Waals surface area contributed by atoms with Crippen molar-refractivity contribution in [2.75, 3.05) is 17.5 Å². The highest BCUT2D eigenvalue weighted by Crippen LogP contribution is 2.32. The van der Waals surface area contributed by atoms with Crippen molar-refractivity contribution in [2.45, 2.75) is 24.3 Å². The molecule has 0 radical (unpaired) electrons. The molecule has 4 rings (SSSR count). The van der Waals surface area contributed by atoms with Gasteiger partial charge in [-0.05, 0) is 48.7 Å². The van der Waals surface area contributed by atoms with Crippen LogP contribution in [0.1, 0.15) is 34.5 Å². The van der Waals surface area contributed by atoms with Crippen LogP contribution in [0, 0.1) is 0 Å². The molecular weight excluding hydrogens is 440 g/mol. The number of ether oxygens (including phenoxy) is 1. The molecule has 1 amide bonds. The minimum absolute atomic E-state index is 0.00388. The van der Waals surface area contributed by atoms with Gasteiger partial charge in [-0.25, -0.2) is 13.2 Å². The van der Waals surface area contributed by atoms with E-state index in [0.717, 1.165) is 11.1 Å². The molecule has 170 valence electrons. The smallest absolute Gasteiger partial charge is 0.338 e. The number of hydrogen-bond acceptors (Lipinski definition) is 5. The molecule has 0 unspecified atom stereocenters. The van der Waals surface area contributed by atoms with Gasteiger partial charge in [0.05, 0.1) is 22.2 Å². The Hall–Kier alpha value is -3.65. The van der Waals surface area contributed by atoms with E-state index < -0.39 is 28.5 Å². The number of esters is 1. The maximum Gasteiger partial charge on any atom is 0.338 e. The van der Waals surface area contributed by atoms with Gasteiger partial charge >= 0.3 is 5.97 Å². The van der Waals surface area contributed by atoms with Crippen LogP contribution in [-0.4, -0.2) is 33.4 Å². The van der Waals surface area contributed by atoms with Crippen LogP contribution < -0.4 is 9.62 Å². The van der Waals surface area contributed by atoms with Crippen LogP contribution in [0.5, 0.6) is 0 Å². The lowest BCUT2D eigenvalue weighted by Gasteiger charge is -2.20. The number of carbonyl (C=O) groups excluding carboxylic acids is 2. The lowest BCUT2D eigenvalue weighted by Crippen LogP contribution is -2.31. The van der Waals surface area contributed by atoms with Gasteiger partial charge in [-0.15, -0.1) is 0 Å². The fraction of sp³-hybridized carbons (Fsp3) is 0.200. The summed E-state index contributed by atoms with van der Waals surface area (Å²) in [5.41, 5.74) is 2.60. The number of amides is 1. The van der Waals surface area contributed by atoms with Crippen molar-refractivity contribution in [1.82, 2.24) is 5.32 Å². The number of nitrogens with one attached hydrogen (secondary N) is 1. The number of sulfonamides is 1. The van der Waals surface area contributed by atoms with Crippen molar-refractivity contribution in [3.05, 3.63) is 95.6 Å². The summed E-state index contributed by atoms with van der Waals surface area (Å²) in [5.74, 6) is -1.21. The molecule has 0 fully saturated rings. The first-order valence-electron chi connectivity index (χ1n) is 10.6. The molecule has 0 spiro atoms. The van der Waals surface area contributed by atoms with Crippen molar-refractivity contribution in [3.8, 4) is 0 Å². The van der Waals surface area contributed by atoms with E-state index in [9.17, 15) is 18.0 Å². The molecule has 1 atom stereocenters. The Bertz CT molecular complexity index is 1270. The van der Waals surface area contributed by atoms with E-state index >= 15 is 0 Å². The van der Waals surface area contributed by atoms with Crippen molar-refractivity contribution < 1.29 is 22.7 Å². The molecule has 3 aromatic rings. The summed E-state index contributed by atoms with van der Waals surface area (Å²) in [5, 5.41) is 2.77. The first kappa shape index (κ1) is 22.5. The Kier molecular flexibility index (Phi) is 6.46. The van der Waals surface area contributed by atoms with Crippen molar-refractivity contribution >= 4 is 27.6 Å². The zero-order valence-corrected chi connectivity index (χ0v) is 18.9. The Morgan fingerprint density at radius 1 is 1.00 bits per heavy atom. The minimum atomic E-state index is -3.84. The van der Waals surface area contributed by atoms with Gasteiger partial charge in [0.1, 0.15) is 0 Å². The second-order valence-corrected chi connectivity index (χ2v) is 9.62. The van der Waals surface area contributed by atoms with Gasteiger partial charge < -0.3 is 10.1 Å². The Balaban J connectivity index is 1.41. The van der Waals surface area contributed by atoms with Gasteiger partial charge in [0, 0.05) is 6.54 Å². The average molecular weight is 465 g/mol. The van der Waals surface area contributed by atoms with Crippen LogP contribution in [0.15, 0.2) is 83.8 Å². The van der Waals surface area contributed by atoms with Crippen LogP contribution in [-0.2, 0) is 26.0 Å². The quantitative estimate of drug-likeness (QED) is 0.541. The third kappa shape index (κ3) is 4.90. The largest absolute Gasteiger partial charge is 0.452 e. The van der Waals surface area contributed by atoms with Crippen LogP contribution in [0.2, 0.25) is 0 Å². The fourth-order valence-corrected chi connectivity index (χ4v) is 5.34. The number of anilines is 1. The normalized spacial score (nSPS) is 13.8. The molecular formula is C25H24N2O5S. The van der Waals surface area contributed by atoms with Crippen molar-refractivity contribution in [1.29, 1.82) is 0 Å². The molecule has 1 heterocycles. The highest BCUT2D eigenvalue weighted by atomic mass is 32.2. The minimum Gasteiger partial charge on any atom is -0.452 e. The van der Waals surface area contributed by atoms with Crippen molar-refractivity contribution in [3.63, 3.8) is 0 Å². The number of nitrogens with zero attached hydrogens (tertiary/aromatic N) is 1. The first-order chi connectivity index (χ1) is 15.9. The molecule has 1 aliphatic heterocycles. The third-order valence-corrected chi connectivity index (χ3v) is 7.32. The second-order valence-electron chi connectivity index (χ2n) is 7.76. The summed E-state index contributed by atoms with van der Waals surface area (Å²) in [6.45, 7) is 1.71. The fourth-order valence-electron chi connectivity index (χ4n) is 3.79. The van der Waals surface area contributed by atoms with Crippen molar-refractivity contribution in [2.24, 2.45) is 0 Å². The SMILES string of the molecule is C[C@H](NC(=O)COC(=O)c1cccc(S(=O)(=O)N2CCc3ccccc32)c1)c1ccccc1. The van der Waals surface area contributed by atoms with Crippen LogP contribution >= 0.6 is 0 Å². The summed E-state index contributed by atoms with van der Waals surface area (Å²) < 4.78 is 32.9. The van der Waals surface area contributed by atoms with Gasteiger partial charge in [-0.1, -0.05) is 54.6 Å². The predicted molar refractivity (Wildman–Crippen MR) is 124 cm³/mol. The summed E-state index contributed by atoms with van der Waals surface area (Å²) >= 11 is 0. The monoisotopic (exact) mass is 464 g/mol. The second kappa shape index (κ2) is 9.46. The third-order valence-electron chi connectivity index (χ3n) is 5.51. The van der Waals surface area contributed by atoms with Gasteiger partial charge in [-0.3, -0.25) is 9.10 Å². The molecule has 3 aromatic carbocycles. The maximum atomic E-state index is 13.2. The molecule has 0 aromatic heterocycles. The number of para-hydroxylation sites is 1. The molecule has 7 nitrogen and oxygen atoms in total. The van der Waals surface area contributed by atoms with E-state index in [1.807, 2.05) is 49.4 Å². The highest BCUT2D eigenvalue weighted by Gasteiger charge is 2.31. The molecule has 0 saturated heterocycles. The summed E-state index contributed by atoms with van der Waals surface area (Å²) in [4.78, 5) is 24.7. The van der Waals surface area contributed by atoms with Gasteiger partial charge in [0.25, 0.3) is 15.9 Å². The van der Waals surface area contributed by atoms with E-state index in [2.05, 4.69) is 5.32 Å². The van der Waals surface area contributed by atoms with Crippen LogP contribution in [0.3, 0.4) is 0 Å². The molecule has 1 N–H and O–H groups in total. The molecule has 0 bridgehead atoms. The first-order valence-corrected chi connectivity index (χ1v) is 12.0. The number of carbonyl (C=O) groups is 2. The lowest BCUT2D eigenvalue weighted by atomic mass is 10.1. The summed E-state index contributed by atoms with van der Waals surface area (Å²) in [6.07, 6.45) is 0.633. The average Bonchev–Trinajstić information content (AvgIpc) is 3.28. The number of benzene rings is 3. The van der Waals surface area contributed by atoms with Crippen LogP contribution in [0.4, 0.5) is 5.69 Å². The zero-order chi connectivity index (χ0) is 23.4. The number of fused-ring (bicyclic) bond motifs is 1. The highest BCUT2D eigenvalue weighted by molar-refractivity contribution is 7.92. The predicted octanol–water partition coefficient (Wildman–Crippen LogP) is 3.47. The van der Waals surface area contributed by atoms with E-state index in [0.29, 0.717) is 18.7 Å². The standard InChI is InChI=1S/C25H24N2O5S/c1-18(19-8-3-2-4-9-19)26-24(28)17-32-25(29)21-11-7-12-22(16-21)33(30,31)27-15-14-20-10-5-6-13-23(20)27/h2-13,16,18H,14-15,17H2,1H3,(H,26,28)/t18-/m0/s1. The molecule has 33 heavy (non-hydrogen) atoms. The number of rotatable bonds is 7. The Morgan fingerprint density at radius 3 is 2.52 bits per heavy atom. The van der Waals surface area contributed by atoms with E-state index in [-0.39, 0.29) is 16.5 Å². The topological polar surface area (TPSA) is 92.8 Å². The Morgan fingerprint density at radius 2 is 1.73 bits per heavy atom. The summed E-state index contributed by atoms with van der Waals surface area (Å²) in [7, 11) is -3.84. The Labute approximate surface area is 193 Å². The zero-order valence-electron chi connectivity index (χ0n) is 18.1. The van der Waals surface area contributed by atoms with Gasteiger partial charge in [-0.2, -0.15) is 0 Å². The molecule has 8 heteroatoms. The maximum absolute atomic E-state index is 13.2. The summed E-state index contributed by atoms with van der Waals surface area (Å²) in [6, 6.07) is 22.2. The van der Waals surface area contributed by atoms with E-state index in [1.54, 1.807) is 12.1 Å². The molecule has 1 aliphatic rings. The van der Waals surface area contributed by atoms with E-state index in [4.69, 9.17) is 4.74 Å². The van der Waals surface area contributed by atoms with Crippen LogP contribution in [0.25, 0.3) is 0 Å². The molecule has 0 saturated carbocycles. The lowest BCUT2D eigenvalue weighted by molar-refractivity contribution is -0.124.